The van der Waals surface area contributed by atoms with Crippen molar-refractivity contribution >= 4 is 28.4 Å². The first-order valence-electron chi connectivity index (χ1n) is 8.78. The predicted molar refractivity (Wildman–Crippen MR) is 103 cm³/mol. The molecule has 1 aliphatic rings. The van der Waals surface area contributed by atoms with Crippen molar-refractivity contribution in [3.05, 3.63) is 66.2 Å². The zero-order chi connectivity index (χ0) is 18.8. The van der Waals surface area contributed by atoms with E-state index in [1.54, 1.807) is 29.2 Å². The SMILES string of the molecule is CC(=O)Nc1ccc(C(=O)N2CC(Oc3ccc4ccccc4n3)C2)cc1. The molecule has 6 nitrogen and oxygen atoms in total. The Morgan fingerprint density at radius 3 is 2.52 bits per heavy atom. The second kappa shape index (κ2) is 7.07. The molecule has 1 saturated heterocycles. The number of carbonyl (C=O) groups is 2. The maximum atomic E-state index is 12.5. The largest absolute Gasteiger partial charge is 0.471 e. The Hall–Kier alpha value is -3.41. The molecule has 0 radical (unpaired) electrons. The molecule has 0 bridgehead atoms. The standard InChI is InChI=1S/C21H19N3O3/c1-14(25)22-17-9-6-16(7-10-17)21(26)24-12-18(13-24)27-20-11-8-15-4-2-3-5-19(15)23-20/h2-11,18H,12-13H2,1H3,(H,22,25). The number of fused-ring (bicyclic) bond motifs is 1. The normalized spacial score (nSPS) is 13.9. The number of amides is 2. The summed E-state index contributed by atoms with van der Waals surface area (Å²) in [5, 5.41) is 3.75. The third kappa shape index (κ3) is 3.74. The van der Waals surface area contributed by atoms with Crippen LogP contribution in [0.1, 0.15) is 17.3 Å². The van der Waals surface area contributed by atoms with E-state index in [1.165, 1.54) is 6.92 Å². The molecule has 1 N–H and O–H groups in total. The lowest BCUT2D eigenvalue weighted by atomic mass is 10.1. The number of hydrogen-bond acceptors (Lipinski definition) is 4. The Morgan fingerprint density at radius 2 is 1.78 bits per heavy atom. The summed E-state index contributed by atoms with van der Waals surface area (Å²) in [7, 11) is 0. The molecule has 0 atom stereocenters. The van der Waals surface area contributed by atoms with Gasteiger partial charge in [0.1, 0.15) is 6.10 Å². The first-order valence-corrected chi connectivity index (χ1v) is 8.78. The predicted octanol–water partition coefficient (Wildman–Crippen LogP) is 3.10. The summed E-state index contributed by atoms with van der Waals surface area (Å²) in [6.45, 7) is 2.51. The molecule has 1 fully saturated rings. The van der Waals surface area contributed by atoms with Crippen LogP contribution in [-0.4, -0.2) is 40.9 Å². The molecule has 2 amide bonds. The number of hydrogen-bond donors (Lipinski definition) is 1. The molecule has 0 aliphatic carbocycles. The Morgan fingerprint density at radius 1 is 1.04 bits per heavy atom. The highest BCUT2D eigenvalue weighted by atomic mass is 16.5. The van der Waals surface area contributed by atoms with Crippen molar-refractivity contribution in [1.82, 2.24) is 9.88 Å². The maximum Gasteiger partial charge on any atom is 0.254 e. The van der Waals surface area contributed by atoms with Crippen molar-refractivity contribution in [3.8, 4) is 5.88 Å². The van der Waals surface area contributed by atoms with Crippen LogP contribution in [0.25, 0.3) is 10.9 Å². The lowest BCUT2D eigenvalue weighted by Gasteiger charge is -2.38. The van der Waals surface area contributed by atoms with E-state index < -0.39 is 0 Å². The van der Waals surface area contributed by atoms with Gasteiger partial charge in [-0.3, -0.25) is 9.59 Å². The van der Waals surface area contributed by atoms with E-state index in [-0.39, 0.29) is 17.9 Å². The lowest BCUT2D eigenvalue weighted by Crippen LogP contribution is -2.56. The van der Waals surface area contributed by atoms with Gasteiger partial charge in [-0.25, -0.2) is 4.98 Å². The van der Waals surface area contributed by atoms with Crippen molar-refractivity contribution in [2.24, 2.45) is 0 Å². The topological polar surface area (TPSA) is 71.5 Å². The third-order valence-corrected chi connectivity index (χ3v) is 4.45. The summed E-state index contributed by atoms with van der Waals surface area (Å²) in [4.78, 5) is 29.8. The summed E-state index contributed by atoms with van der Waals surface area (Å²) >= 11 is 0. The number of nitrogens with zero attached hydrogens (tertiary/aromatic N) is 2. The number of para-hydroxylation sites is 1. The molecule has 27 heavy (non-hydrogen) atoms. The van der Waals surface area contributed by atoms with Crippen molar-refractivity contribution in [2.45, 2.75) is 13.0 Å². The highest BCUT2D eigenvalue weighted by Crippen LogP contribution is 2.21. The minimum absolute atomic E-state index is 0.0457. The van der Waals surface area contributed by atoms with Gasteiger partial charge in [-0.1, -0.05) is 18.2 Å². The molecule has 136 valence electrons. The molecule has 2 aromatic carbocycles. The van der Waals surface area contributed by atoms with Crippen LogP contribution < -0.4 is 10.1 Å². The van der Waals surface area contributed by atoms with Crippen molar-refractivity contribution in [2.75, 3.05) is 18.4 Å². The van der Waals surface area contributed by atoms with E-state index in [1.807, 2.05) is 36.4 Å². The zero-order valence-electron chi connectivity index (χ0n) is 14.9. The van der Waals surface area contributed by atoms with E-state index in [0.29, 0.717) is 30.2 Å². The molecule has 0 unspecified atom stereocenters. The summed E-state index contributed by atoms with van der Waals surface area (Å²) in [5.74, 6) is 0.389. The van der Waals surface area contributed by atoms with Gasteiger partial charge in [0.15, 0.2) is 0 Å². The summed E-state index contributed by atoms with van der Waals surface area (Å²) < 4.78 is 5.89. The molecule has 0 spiro atoms. The molecular formula is C21H19N3O3. The lowest BCUT2D eigenvalue weighted by molar-refractivity contribution is -0.114. The molecule has 1 aromatic heterocycles. The quantitative estimate of drug-likeness (QED) is 0.775. The Labute approximate surface area is 156 Å². The average Bonchev–Trinajstić information content (AvgIpc) is 2.64. The van der Waals surface area contributed by atoms with E-state index in [2.05, 4.69) is 10.3 Å². The van der Waals surface area contributed by atoms with Gasteiger partial charge in [-0.15, -0.1) is 0 Å². The van der Waals surface area contributed by atoms with Crippen molar-refractivity contribution in [3.63, 3.8) is 0 Å². The molecule has 6 heteroatoms. The van der Waals surface area contributed by atoms with Gasteiger partial charge in [-0.2, -0.15) is 0 Å². The minimum atomic E-state index is -0.140. The molecule has 1 aliphatic heterocycles. The number of benzene rings is 2. The van der Waals surface area contributed by atoms with Gasteiger partial charge in [-0.05, 0) is 36.4 Å². The Kier molecular flexibility index (Phi) is 4.46. The zero-order valence-corrected chi connectivity index (χ0v) is 14.9. The molecule has 3 aromatic rings. The van der Waals surface area contributed by atoms with Gasteiger partial charge in [0.25, 0.3) is 5.91 Å². The maximum absolute atomic E-state index is 12.5. The van der Waals surface area contributed by atoms with Crippen LogP contribution in [-0.2, 0) is 4.79 Å². The smallest absolute Gasteiger partial charge is 0.254 e. The Balaban J connectivity index is 1.34. The fourth-order valence-electron chi connectivity index (χ4n) is 3.04. The molecule has 4 rings (SSSR count). The van der Waals surface area contributed by atoms with Crippen LogP contribution in [0.5, 0.6) is 5.88 Å². The fraction of sp³-hybridized carbons (Fsp3) is 0.190. The van der Waals surface area contributed by atoms with Gasteiger partial charge < -0.3 is 15.0 Å². The molecule has 0 saturated carbocycles. The number of likely N-dealkylation sites (tertiary alicyclic amines) is 1. The number of carbonyl (C=O) groups excluding carboxylic acids is 2. The van der Waals surface area contributed by atoms with Crippen LogP contribution in [0.15, 0.2) is 60.7 Å². The first kappa shape index (κ1) is 17.0. The average molecular weight is 361 g/mol. The summed E-state index contributed by atoms with van der Waals surface area (Å²) in [6, 6.07) is 18.6. The van der Waals surface area contributed by atoms with Crippen LogP contribution in [0.4, 0.5) is 5.69 Å². The monoisotopic (exact) mass is 361 g/mol. The number of ether oxygens (including phenoxy) is 1. The van der Waals surface area contributed by atoms with Gasteiger partial charge >= 0.3 is 0 Å². The van der Waals surface area contributed by atoms with E-state index in [9.17, 15) is 9.59 Å². The van der Waals surface area contributed by atoms with E-state index >= 15 is 0 Å². The van der Waals surface area contributed by atoms with Crippen LogP contribution >= 0.6 is 0 Å². The second-order valence-electron chi connectivity index (χ2n) is 6.55. The number of nitrogens with one attached hydrogen (secondary N) is 1. The van der Waals surface area contributed by atoms with Gasteiger partial charge in [0.2, 0.25) is 11.8 Å². The Bertz CT molecular complexity index is 995. The number of anilines is 1. The second-order valence-corrected chi connectivity index (χ2v) is 6.55. The van der Waals surface area contributed by atoms with Crippen LogP contribution in [0, 0.1) is 0 Å². The van der Waals surface area contributed by atoms with Crippen molar-refractivity contribution < 1.29 is 14.3 Å². The molecule has 2 heterocycles. The number of pyridine rings is 1. The van der Waals surface area contributed by atoms with Crippen LogP contribution in [0.2, 0.25) is 0 Å². The van der Waals surface area contributed by atoms with Crippen LogP contribution in [0.3, 0.4) is 0 Å². The highest BCUT2D eigenvalue weighted by Gasteiger charge is 2.33. The van der Waals surface area contributed by atoms with E-state index in [4.69, 9.17) is 4.74 Å². The van der Waals surface area contributed by atoms with Gasteiger partial charge in [0.05, 0.1) is 18.6 Å². The summed E-state index contributed by atoms with van der Waals surface area (Å²) in [5.41, 5.74) is 2.15. The van der Waals surface area contributed by atoms with E-state index in [0.717, 1.165) is 10.9 Å². The number of rotatable bonds is 4. The molecular weight excluding hydrogens is 342 g/mol. The van der Waals surface area contributed by atoms with Gasteiger partial charge in [0, 0.05) is 29.6 Å². The number of aromatic nitrogens is 1. The van der Waals surface area contributed by atoms with Crippen molar-refractivity contribution in [1.29, 1.82) is 0 Å². The third-order valence-electron chi connectivity index (χ3n) is 4.45. The fourth-order valence-corrected chi connectivity index (χ4v) is 3.04. The minimum Gasteiger partial charge on any atom is -0.471 e. The first-order chi connectivity index (χ1) is 13.1. The highest BCUT2D eigenvalue weighted by molar-refractivity contribution is 5.96. The summed E-state index contributed by atoms with van der Waals surface area (Å²) in [6.07, 6.45) is -0.0544.